The van der Waals surface area contributed by atoms with Gasteiger partial charge in [-0.3, -0.25) is 0 Å². The van der Waals surface area contributed by atoms with Crippen molar-refractivity contribution in [1.82, 2.24) is 14.5 Å². The average Bonchev–Trinajstić information content (AvgIpc) is 2.89. The quantitative estimate of drug-likeness (QED) is 0.643. The van der Waals surface area contributed by atoms with Crippen molar-refractivity contribution in [3.63, 3.8) is 0 Å². The Balaban J connectivity index is 1.33. The largest absolute Gasteiger partial charge is 0.444 e. The number of ether oxygens (including phenoxy) is 2. The fraction of sp³-hybridized carbons (Fsp3) is 0.778. The van der Waals surface area contributed by atoms with E-state index >= 15 is 0 Å². The van der Waals surface area contributed by atoms with Crippen LogP contribution in [-0.4, -0.2) is 51.4 Å². The standard InChI is InChI=1S/C18H28IN3O3/c1-18(2,3)25-17(23)22-6-4-14(5-7-22)24-15-8-13(9-15)10-21-11-16(19)20-12-21/h11-15H,4-10H2,1-3H3. The Bertz CT molecular complexity index is 585. The number of aromatic nitrogens is 2. The summed E-state index contributed by atoms with van der Waals surface area (Å²) >= 11 is 2.24. The molecule has 2 aliphatic rings. The second-order valence-electron chi connectivity index (χ2n) is 8.16. The van der Waals surface area contributed by atoms with E-state index in [4.69, 9.17) is 9.47 Å². The zero-order valence-corrected chi connectivity index (χ0v) is 17.4. The zero-order valence-electron chi connectivity index (χ0n) is 15.3. The Morgan fingerprint density at radius 2 is 1.96 bits per heavy atom. The van der Waals surface area contributed by atoms with Crippen LogP contribution in [0.15, 0.2) is 12.5 Å². The topological polar surface area (TPSA) is 56.6 Å². The Hall–Kier alpha value is -0.830. The summed E-state index contributed by atoms with van der Waals surface area (Å²) in [6, 6.07) is 0. The lowest BCUT2D eigenvalue weighted by atomic mass is 9.82. The molecular formula is C18H28IN3O3. The average molecular weight is 461 g/mol. The van der Waals surface area contributed by atoms with Gasteiger partial charge in [-0.15, -0.1) is 0 Å². The van der Waals surface area contributed by atoms with Crippen LogP contribution in [0.4, 0.5) is 4.79 Å². The van der Waals surface area contributed by atoms with Gasteiger partial charge in [0.2, 0.25) is 0 Å². The van der Waals surface area contributed by atoms with Crippen molar-refractivity contribution in [1.29, 1.82) is 0 Å². The van der Waals surface area contributed by atoms with E-state index in [0.29, 0.717) is 12.0 Å². The van der Waals surface area contributed by atoms with Gasteiger partial charge in [-0.05, 0) is 75.0 Å². The van der Waals surface area contributed by atoms with Gasteiger partial charge in [0.1, 0.15) is 9.30 Å². The van der Waals surface area contributed by atoms with E-state index in [1.54, 1.807) is 4.90 Å². The minimum atomic E-state index is -0.432. The smallest absolute Gasteiger partial charge is 0.410 e. The molecule has 6 nitrogen and oxygen atoms in total. The highest BCUT2D eigenvalue weighted by Crippen LogP contribution is 2.33. The van der Waals surface area contributed by atoms with E-state index in [9.17, 15) is 4.79 Å². The summed E-state index contributed by atoms with van der Waals surface area (Å²) in [6.07, 6.45) is 8.50. The van der Waals surface area contributed by atoms with Crippen molar-refractivity contribution in [2.75, 3.05) is 13.1 Å². The number of rotatable bonds is 4. The molecule has 2 heterocycles. The third-order valence-electron chi connectivity index (χ3n) is 4.74. The van der Waals surface area contributed by atoms with Crippen molar-refractivity contribution in [3.8, 4) is 0 Å². The molecule has 3 rings (SSSR count). The van der Waals surface area contributed by atoms with Gasteiger partial charge in [-0.25, -0.2) is 9.78 Å². The third kappa shape index (κ3) is 5.57. The maximum Gasteiger partial charge on any atom is 0.410 e. The van der Waals surface area contributed by atoms with Gasteiger partial charge in [0.05, 0.1) is 18.5 Å². The maximum atomic E-state index is 12.1. The number of halogens is 1. The SMILES string of the molecule is CC(C)(C)OC(=O)N1CCC(OC2CC(Cn3cnc(I)c3)C2)CC1. The first-order chi connectivity index (χ1) is 11.8. The van der Waals surface area contributed by atoms with Gasteiger partial charge in [-0.1, -0.05) is 0 Å². The Morgan fingerprint density at radius 3 is 2.52 bits per heavy atom. The second-order valence-corrected chi connectivity index (χ2v) is 9.26. The molecule has 0 spiro atoms. The number of amides is 1. The van der Waals surface area contributed by atoms with Crippen LogP contribution in [0, 0.1) is 9.62 Å². The molecule has 1 aliphatic carbocycles. The van der Waals surface area contributed by atoms with Crippen molar-refractivity contribution in [3.05, 3.63) is 16.2 Å². The van der Waals surface area contributed by atoms with Crippen LogP contribution in [0.25, 0.3) is 0 Å². The maximum absolute atomic E-state index is 12.1. The predicted molar refractivity (Wildman–Crippen MR) is 103 cm³/mol. The fourth-order valence-corrected chi connectivity index (χ4v) is 3.92. The van der Waals surface area contributed by atoms with Crippen LogP contribution >= 0.6 is 22.6 Å². The summed E-state index contributed by atoms with van der Waals surface area (Å²) in [5.74, 6) is 0.692. The van der Waals surface area contributed by atoms with Crippen molar-refractivity contribution in [2.24, 2.45) is 5.92 Å². The number of piperidine rings is 1. The van der Waals surface area contributed by atoms with Crippen LogP contribution in [-0.2, 0) is 16.0 Å². The zero-order chi connectivity index (χ0) is 18.0. The number of nitrogens with zero attached hydrogens (tertiary/aromatic N) is 3. The summed E-state index contributed by atoms with van der Waals surface area (Å²) in [4.78, 5) is 18.1. The molecule has 0 N–H and O–H groups in total. The second kappa shape index (κ2) is 7.82. The van der Waals surface area contributed by atoms with Crippen LogP contribution in [0.2, 0.25) is 0 Å². The number of imidazole rings is 1. The molecule has 0 unspecified atom stereocenters. The lowest BCUT2D eigenvalue weighted by Crippen LogP contribution is -2.45. The third-order valence-corrected chi connectivity index (χ3v) is 5.30. The summed E-state index contributed by atoms with van der Waals surface area (Å²) in [5, 5.41) is 0. The lowest BCUT2D eigenvalue weighted by molar-refractivity contribution is -0.0958. The number of carbonyl (C=O) groups is 1. The number of likely N-dealkylation sites (tertiary alicyclic amines) is 1. The van der Waals surface area contributed by atoms with Crippen LogP contribution in [0.1, 0.15) is 46.5 Å². The summed E-state index contributed by atoms with van der Waals surface area (Å²) in [5.41, 5.74) is -0.432. The molecule has 0 aromatic carbocycles. The van der Waals surface area contributed by atoms with E-state index in [1.165, 1.54) is 0 Å². The monoisotopic (exact) mass is 461 g/mol. The number of hydrogen-bond donors (Lipinski definition) is 0. The predicted octanol–water partition coefficient (Wildman–Crippen LogP) is 3.68. The molecule has 140 valence electrons. The van der Waals surface area contributed by atoms with E-state index in [-0.39, 0.29) is 12.2 Å². The van der Waals surface area contributed by atoms with Gasteiger partial charge >= 0.3 is 6.09 Å². The molecule has 7 heteroatoms. The van der Waals surface area contributed by atoms with E-state index in [0.717, 1.165) is 49.0 Å². The first kappa shape index (κ1) is 18.9. The van der Waals surface area contributed by atoms with E-state index in [2.05, 4.69) is 38.3 Å². The Kier molecular flexibility index (Phi) is 5.92. The Morgan fingerprint density at radius 1 is 1.28 bits per heavy atom. The molecule has 1 aromatic heterocycles. The minimum absolute atomic E-state index is 0.204. The minimum Gasteiger partial charge on any atom is -0.444 e. The Labute approximate surface area is 163 Å². The molecule has 0 radical (unpaired) electrons. The molecule has 0 atom stereocenters. The highest BCUT2D eigenvalue weighted by Gasteiger charge is 2.34. The lowest BCUT2D eigenvalue weighted by Gasteiger charge is -2.40. The van der Waals surface area contributed by atoms with Gasteiger partial charge < -0.3 is 18.9 Å². The van der Waals surface area contributed by atoms with Crippen LogP contribution in [0.5, 0.6) is 0 Å². The van der Waals surface area contributed by atoms with E-state index in [1.807, 2.05) is 27.1 Å². The van der Waals surface area contributed by atoms with Crippen molar-refractivity contribution in [2.45, 2.75) is 70.8 Å². The van der Waals surface area contributed by atoms with Gasteiger partial charge in [-0.2, -0.15) is 0 Å². The highest BCUT2D eigenvalue weighted by molar-refractivity contribution is 14.1. The van der Waals surface area contributed by atoms with Crippen molar-refractivity contribution < 1.29 is 14.3 Å². The normalized spacial score (nSPS) is 24.9. The summed E-state index contributed by atoms with van der Waals surface area (Å²) < 4.78 is 14.9. The van der Waals surface area contributed by atoms with Crippen LogP contribution < -0.4 is 0 Å². The first-order valence-corrected chi connectivity index (χ1v) is 10.2. The van der Waals surface area contributed by atoms with Gasteiger partial charge in [0.15, 0.2) is 0 Å². The first-order valence-electron chi connectivity index (χ1n) is 9.09. The molecule has 1 aliphatic heterocycles. The molecular weight excluding hydrogens is 433 g/mol. The van der Waals surface area contributed by atoms with Gasteiger partial charge in [0, 0.05) is 25.8 Å². The molecule has 25 heavy (non-hydrogen) atoms. The molecule has 1 saturated carbocycles. The highest BCUT2D eigenvalue weighted by atomic mass is 127. The molecule has 0 bridgehead atoms. The molecule has 1 amide bonds. The van der Waals surface area contributed by atoms with Crippen LogP contribution in [0.3, 0.4) is 0 Å². The van der Waals surface area contributed by atoms with Crippen molar-refractivity contribution >= 4 is 28.7 Å². The molecule has 1 saturated heterocycles. The number of hydrogen-bond acceptors (Lipinski definition) is 4. The molecule has 1 aromatic rings. The fourth-order valence-electron chi connectivity index (χ4n) is 3.44. The molecule has 2 fully saturated rings. The van der Waals surface area contributed by atoms with E-state index < -0.39 is 5.60 Å². The summed E-state index contributed by atoms with van der Waals surface area (Å²) in [6.45, 7) is 8.19. The van der Waals surface area contributed by atoms with Gasteiger partial charge in [0.25, 0.3) is 0 Å². The summed E-state index contributed by atoms with van der Waals surface area (Å²) in [7, 11) is 0. The number of carbonyl (C=O) groups excluding carboxylic acids is 1.